The second-order valence-corrected chi connectivity index (χ2v) is 28.9. The first-order valence-electron chi connectivity index (χ1n) is 39.5. The van der Waals surface area contributed by atoms with Crippen molar-refractivity contribution in [1.29, 1.82) is 0 Å². The van der Waals surface area contributed by atoms with Crippen molar-refractivity contribution in [3.05, 3.63) is 320 Å². The highest BCUT2D eigenvalue weighted by molar-refractivity contribution is 5.95. The Morgan fingerprint density at radius 2 is 0.609 bits per heavy atom. The van der Waals surface area contributed by atoms with Crippen LogP contribution in [0.3, 0.4) is 0 Å². The number of halogens is 4. The summed E-state index contributed by atoms with van der Waals surface area (Å²) in [7, 11) is 0. The van der Waals surface area contributed by atoms with Gasteiger partial charge in [0.2, 0.25) is 23.6 Å². The van der Waals surface area contributed by atoms with Gasteiger partial charge in [0, 0.05) is 35.1 Å². The molecule has 4 heterocycles. The number of nitrogens with one attached hydrogen (secondary N) is 4. The van der Waals surface area contributed by atoms with E-state index >= 15 is 0 Å². The molecule has 0 saturated heterocycles. The van der Waals surface area contributed by atoms with Gasteiger partial charge in [-0.2, -0.15) is 0 Å². The van der Waals surface area contributed by atoms with Gasteiger partial charge in [-0.05, 0) is 224 Å². The molecule has 4 aliphatic carbocycles. The van der Waals surface area contributed by atoms with Crippen molar-refractivity contribution in [3.63, 3.8) is 0 Å². The second kappa shape index (κ2) is 36.8. The Balaban J connectivity index is 0.000000127. The van der Waals surface area contributed by atoms with Crippen LogP contribution in [0.15, 0.2) is 206 Å². The van der Waals surface area contributed by atoms with Crippen molar-refractivity contribution in [2.24, 2.45) is 0 Å². The lowest BCUT2D eigenvalue weighted by Gasteiger charge is -2.20. The van der Waals surface area contributed by atoms with Crippen LogP contribution in [-0.4, -0.2) is 63.5 Å². The van der Waals surface area contributed by atoms with E-state index in [-0.39, 0.29) is 53.3 Å². The number of benzene rings is 9. The average molecular weight is 1540 g/mol. The van der Waals surface area contributed by atoms with E-state index in [9.17, 15) is 36.7 Å². The summed E-state index contributed by atoms with van der Waals surface area (Å²) in [6, 6.07) is 63.1. The van der Waals surface area contributed by atoms with Crippen molar-refractivity contribution in [3.8, 4) is 45.0 Å². The predicted molar refractivity (Wildman–Crippen MR) is 443 cm³/mol. The van der Waals surface area contributed by atoms with E-state index in [1.165, 1.54) is 29.8 Å². The van der Waals surface area contributed by atoms with Gasteiger partial charge in [0.25, 0.3) is 0 Å². The molecule has 4 aromatic heterocycles. The zero-order valence-electron chi connectivity index (χ0n) is 64.8. The summed E-state index contributed by atoms with van der Waals surface area (Å²) < 4.78 is 54.2. The lowest BCUT2D eigenvalue weighted by molar-refractivity contribution is -0.117. The topological polar surface area (TPSA) is 220 Å². The van der Waals surface area contributed by atoms with E-state index in [1.807, 2.05) is 143 Å². The normalized spacial score (nSPS) is 12.2. The Bertz CT molecular complexity index is 5770. The molecule has 0 atom stereocenters. The third-order valence-corrected chi connectivity index (χ3v) is 20.9. The van der Waals surface area contributed by atoms with Crippen LogP contribution in [0.5, 0.6) is 0 Å². The standard InChI is InChI=1S/C26H22FN3O.C24H24FN3O.C23H22FN3O.C22H20FN3O/c1-2-22-26(29-23-12-9-19-15-20(27)10-11-21(19)25(23)28-22)30-24(31)14-16-7-8-17-5-3-4-6-18(17)13-16;1-2-20-24(28-22(29)10-6-9-16-7-4-3-5-8-16)27-21-14-11-17-15-18(25)12-13-19(17)23(21)26-20;1-2-19-23(27-21(28)13-8-15-6-4-3-5-7-15)26-20-12-9-16-14-17(24)10-11-18(16)22(20)25-19;1-2-18-22(26-20(27)12-14-6-4-3-5-7-14)25-19-11-8-15-13-16(23)9-10-17(15)21(19)24-18/h3-8,10-11,13,15H,2,9,12,14H2,1H3,(H,29,30,31);3-5,7-8,12-13,15H,2,6,9-11,14H2,1H3,(H,27,28,29);3-7,10-11,14H,2,8-9,12-13H2,1H3,(H,26,27,28);3-7,9-10,13H,2,8,11-12H2,1H3,(H,25,26,27). The van der Waals surface area contributed by atoms with Gasteiger partial charge in [-0.1, -0.05) is 161 Å². The Labute approximate surface area is 666 Å². The summed E-state index contributed by atoms with van der Waals surface area (Å²) in [6.07, 6.45) is 12.0. The number of fused-ring (bicyclic) bond motifs is 13. The number of aryl methyl sites for hydroxylation is 14. The molecule has 0 aliphatic heterocycles. The van der Waals surface area contributed by atoms with Crippen LogP contribution in [0.1, 0.15) is 137 Å². The number of rotatable bonds is 19. The van der Waals surface area contributed by atoms with Crippen LogP contribution in [0.4, 0.5) is 40.8 Å². The van der Waals surface area contributed by atoms with E-state index in [0.29, 0.717) is 107 Å². The largest absolute Gasteiger partial charge is 0.309 e. The molecule has 20 heteroatoms. The van der Waals surface area contributed by atoms with Crippen molar-refractivity contribution in [2.45, 2.75) is 150 Å². The number of nitrogens with zero attached hydrogens (tertiary/aromatic N) is 8. The smallest absolute Gasteiger partial charge is 0.229 e. The average Bonchev–Trinajstić information content (AvgIpc) is 0.785. The number of carbonyl (C=O) groups excluding carboxylic acids is 4. The molecule has 580 valence electrons. The summed E-state index contributed by atoms with van der Waals surface area (Å²) in [4.78, 5) is 88.1. The number of aromatic nitrogens is 8. The van der Waals surface area contributed by atoms with Gasteiger partial charge >= 0.3 is 0 Å². The molecule has 0 unspecified atom stereocenters. The van der Waals surface area contributed by atoms with Gasteiger partial charge < -0.3 is 21.3 Å². The van der Waals surface area contributed by atoms with Crippen LogP contribution in [0, 0.1) is 23.3 Å². The quantitative estimate of drug-likeness (QED) is 0.0556. The molecule has 115 heavy (non-hydrogen) atoms. The maximum absolute atomic E-state index is 13.6. The van der Waals surface area contributed by atoms with Gasteiger partial charge in [-0.25, -0.2) is 57.4 Å². The fourth-order valence-corrected chi connectivity index (χ4v) is 15.0. The van der Waals surface area contributed by atoms with E-state index in [0.717, 1.165) is 172 Å². The number of carbonyl (C=O) groups is 4. The van der Waals surface area contributed by atoms with Gasteiger partial charge in [-0.15, -0.1) is 0 Å². The zero-order valence-corrected chi connectivity index (χ0v) is 64.8. The van der Waals surface area contributed by atoms with E-state index in [1.54, 1.807) is 48.5 Å². The Hall–Kier alpha value is -12.8. The summed E-state index contributed by atoms with van der Waals surface area (Å²) in [5.74, 6) is 0.916. The van der Waals surface area contributed by atoms with Crippen molar-refractivity contribution >= 4 is 57.7 Å². The number of hydrogen-bond acceptors (Lipinski definition) is 12. The third-order valence-electron chi connectivity index (χ3n) is 20.9. The highest BCUT2D eigenvalue weighted by Gasteiger charge is 2.28. The van der Waals surface area contributed by atoms with Crippen LogP contribution < -0.4 is 21.3 Å². The zero-order chi connectivity index (χ0) is 79.9. The minimum atomic E-state index is -0.233. The molecular formula is C95H88F4N12O4. The number of hydrogen-bond donors (Lipinski definition) is 4. The van der Waals surface area contributed by atoms with E-state index in [4.69, 9.17) is 39.9 Å². The third kappa shape index (κ3) is 19.4. The minimum Gasteiger partial charge on any atom is -0.309 e. The van der Waals surface area contributed by atoms with Gasteiger partial charge in [0.05, 0.1) is 81.2 Å². The molecule has 0 saturated carbocycles. The number of amides is 4. The minimum absolute atomic E-state index is 0.0387. The maximum Gasteiger partial charge on any atom is 0.229 e. The first-order valence-corrected chi connectivity index (χ1v) is 39.5. The van der Waals surface area contributed by atoms with E-state index < -0.39 is 0 Å². The van der Waals surface area contributed by atoms with Gasteiger partial charge in [-0.3, -0.25) is 19.2 Å². The summed E-state index contributed by atoms with van der Waals surface area (Å²) in [5, 5.41) is 14.1. The molecule has 4 N–H and O–H groups in total. The molecule has 13 aromatic rings. The Morgan fingerprint density at radius 1 is 0.296 bits per heavy atom. The summed E-state index contributed by atoms with van der Waals surface area (Å²) >= 11 is 0. The molecular weight excluding hydrogens is 1450 g/mol. The molecule has 16 nitrogen and oxygen atoms in total. The Morgan fingerprint density at radius 3 is 0.974 bits per heavy atom. The predicted octanol–water partition coefficient (Wildman–Crippen LogP) is 18.8. The van der Waals surface area contributed by atoms with Crippen LogP contribution in [-0.2, 0) is 122 Å². The first-order chi connectivity index (χ1) is 56.0. The van der Waals surface area contributed by atoms with Gasteiger partial charge in [0.15, 0.2) is 23.3 Å². The van der Waals surface area contributed by atoms with Crippen molar-refractivity contribution < 1.29 is 36.7 Å². The molecule has 4 aliphatic rings. The van der Waals surface area contributed by atoms with Gasteiger partial charge in [0.1, 0.15) is 23.3 Å². The van der Waals surface area contributed by atoms with Crippen molar-refractivity contribution in [1.82, 2.24) is 39.9 Å². The highest BCUT2D eigenvalue weighted by Crippen LogP contribution is 2.38. The molecule has 0 radical (unpaired) electrons. The van der Waals surface area contributed by atoms with Crippen LogP contribution in [0.25, 0.3) is 55.8 Å². The monoisotopic (exact) mass is 1540 g/mol. The molecule has 0 fully saturated rings. The molecule has 9 aromatic carbocycles. The molecule has 17 rings (SSSR count). The first kappa shape index (κ1) is 78.8. The molecule has 0 spiro atoms. The Kier molecular flexibility index (Phi) is 25.2. The maximum atomic E-state index is 13.6. The van der Waals surface area contributed by atoms with Crippen LogP contribution in [0.2, 0.25) is 0 Å². The summed E-state index contributed by atoms with van der Waals surface area (Å²) in [5.41, 5.74) is 21.5. The second-order valence-electron chi connectivity index (χ2n) is 28.9. The van der Waals surface area contributed by atoms with E-state index in [2.05, 4.69) is 39.5 Å². The number of anilines is 4. The van der Waals surface area contributed by atoms with Crippen molar-refractivity contribution in [2.75, 3.05) is 21.3 Å². The van der Waals surface area contributed by atoms with Crippen LogP contribution >= 0.6 is 0 Å². The fourth-order valence-electron chi connectivity index (χ4n) is 15.0. The molecule has 4 amide bonds. The lowest BCUT2D eigenvalue weighted by Crippen LogP contribution is -2.19. The highest BCUT2D eigenvalue weighted by atomic mass is 19.1. The lowest BCUT2D eigenvalue weighted by atomic mass is 9.91. The summed E-state index contributed by atoms with van der Waals surface area (Å²) in [6.45, 7) is 7.96. The molecule has 0 bridgehead atoms. The fraction of sp³-hybridized carbons (Fsp3) is 0.242. The SMILES string of the molecule is CCc1nc2c(nc1NC(=O)CCCc1ccccc1)CCc1cc(F)ccc1-2.CCc1nc2c(nc1NC(=O)CCc1ccccc1)CCc1cc(F)ccc1-2.CCc1nc2c(nc1NC(=O)Cc1ccc3ccccc3c1)CCc1cc(F)ccc1-2.CCc1nc2c(nc1NC(=O)Cc1ccccc1)CCc1cc(F)ccc1-2.